The summed E-state index contributed by atoms with van der Waals surface area (Å²) in [6.45, 7) is 4.54. The van der Waals surface area contributed by atoms with Crippen LogP contribution in [0.1, 0.15) is 44.6 Å². The van der Waals surface area contributed by atoms with Crippen molar-refractivity contribution in [1.82, 2.24) is 15.0 Å². The van der Waals surface area contributed by atoms with Gasteiger partial charge in [0, 0.05) is 56.0 Å². The summed E-state index contributed by atoms with van der Waals surface area (Å²) in [5.41, 5.74) is -2.48. The van der Waals surface area contributed by atoms with E-state index < -0.39 is 63.2 Å². The molecular weight excluding hydrogens is 986 g/mol. The van der Waals surface area contributed by atoms with E-state index in [-0.39, 0.29) is 19.8 Å². The van der Waals surface area contributed by atoms with E-state index in [1.807, 2.05) is 28.1 Å². The molecule has 0 saturated heterocycles. The fraction of sp³-hybridized carbons (Fsp3) is 0.367. The predicted molar refractivity (Wildman–Crippen MR) is 182 cm³/mol. The number of hydrogen-bond donors (Lipinski definition) is 0. The van der Waals surface area contributed by atoms with Crippen LogP contribution in [-0.4, -0.2) is 63.3 Å². The fourth-order valence-corrected chi connectivity index (χ4v) is 3.57. The zero-order valence-corrected chi connectivity index (χ0v) is 33.4. The summed E-state index contributed by atoms with van der Waals surface area (Å²) in [7, 11) is 0. The molecule has 0 aliphatic carbocycles. The zero-order valence-electron chi connectivity index (χ0n) is 27.1. The fourth-order valence-electron chi connectivity index (χ4n) is 2.75. The first-order valence-electron chi connectivity index (χ1n) is 14.0. The van der Waals surface area contributed by atoms with Crippen molar-refractivity contribution in [3.8, 4) is 0 Å². The third kappa shape index (κ3) is 16.3. The van der Waals surface area contributed by atoms with Crippen molar-refractivity contribution in [2.75, 3.05) is 19.8 Å². The molecule has 22 heteroatoms. The van der Waals surface area contributed by atoms with Crippen LogP contribution in [-0.2, 0) is 51.2 Å². The van der Waals surface area contributed by atoms with Crippen LogP contribution < -0.4 is 0 Å². The van der Waals surface area contributed by atoms with Gasteiger partial charge in [-0.25, -0.2) is 19.4 Å². The van der Waals surface area contributed by atoms with Crippen LogP contribution in [0.5, 0.6) is 0 Å². The number of pyridine rings is 3. The monoisotopic (exact) mass is 1010 g/mol. The maximum absolute atomic E-state index is 13.5. The number of alkyl halides is 9. The Balaban J connectivity index is 0.000000713. The Kier molecular flexibility index (Phi) is 20.9. The molecule has 0 bridgehead atoms. The lowest BCUT2D eigenvalue weighted by molar-refractivity contribution is -0.174. The average molecular weight is 1010 g/mol. The molecular formula is C30H27Br4F8N3O7. The number of carbonyl (C=O) groups excluding carboxylic acids is 4. The number of rotatable bonds is 10. The number of Topliss-reactive ketones (excluding diaryl/α,β-unsaturated/α-hetero) is 1. The van der Waals surface area contributed by atoms with E-state index in [0.29, 0.717) is 29.7 Å². The van der Waals surface area contributed by atoms with Gasteiger partial charge in [0.15, 0.2) is 0 Å². The van der Waals surface area contributed by atoms with Crippen molar-refractivity contribution in [1.29, 1.82) is 0 Å². The smallest absolute Gasteiger partial charge is 0.395 e. The van der Waals surface area contributed by atoms with Gasteiger partial charge in [0.25, 0.3) is 0 Å². The summed E-state index contributed by atoms with van der Waals surface area (Å²) >= 11 is 11.4. The molecule has 0 aromatic carbocycles. The highest BCUT2D eigenvalue weighted by molar-refractivity contribution is 9.11. The molecule has 0 amide bonds. The summed E-state index contributed by atoms with van der Waals surface area (Å²) in [5, 5.41) is 0. The molecule has 0 aliphatic heterocycles. The minimum atomic E-state index is -4.04. The second kappa shape index (κ2) is 22.2. The molecule has 3 aromatic heterocycles. The van der Waals surface area contributed by atoms with E-state index >= 15 is 0 Å². The summed E-state index contributed by atoms with van der Waals surface area (Å²) in [4.78, 5) is 49.7. The van der Waals surface area contributed by atoms with Crippen molar-refractivity contribution >= 4 is 87.4 Å². The summed E-state index contributed by atoms with van der Waals surface area (Å²) in [6.07, 6.45) is 3.37. The molecule has 0 spiro atoms. The molecule has 3 rings (SSSR count). The largest absolute Gasteiger partial charge is 0.461 e. The Morgan fingerprint density at radius 3 is 1.23 bits per heavy atom. The van der Waals surface area contributed by atoms with Crippen LogP contribution in [0.3, 0.4) is 0 Å². The third-order valence-electron chi connectivity index (χ3n) is 5.20. The molecule has 0 fully saturated rings. The molecule has 0 N–H and O–H groups in total. The number of hydrogen-bond acceptors (Lipinski definition) is 10. The Bertz CT molecular complexity index is 1580. The van der Waals surface area contributed by atoms with E-state index in [9.17, 15) is 54.3 Å². The molecule has 3 heterocycles. The van der Waals surface area contributed by atoms with Gasteiger partial charge < -0.3 is 14.2 Å². The molecule has 0 atom stereocenters. The van der Waals surface area contributed by atoms with Crippen molar-refractivity contribution in [2.24, 2.45) is 0 Å². The quantitative estimate of drug-likeness (QED) is 0.0637. The Labute approximate surface area is 324 Å². The Morgan fingerprint density at radius 1 is 0.577 bits per heavy atom. The molecule has 0 aliphatic rings. The number of nitrogens with zero attached hydrogens (tertiary/aromatic N) is 3. The summed E-state index contributed by atoms with van der Waals surface area (Å²) in [5.74, 6) is -17.9. The number of halogens is 12. The number of ketones is 1. The number of carbonyl (C=O) groups is 4. The SMILES string of the molecule is Brc1ccc(Br)nc1.CCOC(=O)C(F)(F)Br.CCOC(=O)C(F)(F)c1ccc(Br)cn1.CCOC(=O)C(F)(F)c1ccc(C(F)(F)C(C)=O)cn1. The summed E-state index contributed by atoms with van der Waals surface area (Å²) in [6, 6.07) is 7.44. The molecule has 0 saturated carbocycles. The van der Waals surface area contributed by atoms with Crippen molar-refractivity contribution in [3.63, 3.8) is 0 Å². The minimum Gasteiger partial charge on any atom is -0.461 e. The van der Waals surface area contributed by atoms with Gasteiger partial charge >= 0.3 is 40.5 Å². The van der Waals surface area contributed by atoms with Crippen LogP contribution in [0, 0.1) is 0 Å². The average Bonchev–Trinajstić information content (AvgIpc) is 3.07. The van der Waals surface area contributed by atoms with Gasteiger partial charge in [0.2, 0.25) is 5.78 Å². The van der Waals surface area contributed by atoms with Crippen LogP contribution in [0.4, 0.5) is 35.1 Å². The lowest BCUT2D eigenvalue weighted by Crippen LogP contribution is -2.30. The van der Waals surface area contributed by atoms with Crippen LogP contribution >= 0.6 is 63.7 Å². The second-order valence-corrected chi connectivity index (χ2v) is 12.7. The van der Waals surface area contributed by atoms with Crippen LogP contribution in [0.2, 0.25) is 0 Å². The highest BCUT2D eigenvalue weighted by Gasteiger charge is 2.46. The minimum absolute atomic E-state index is 0.0416. The van der Waals surface area contributed by atoms with Gasteiger partial charge in [0.05, 0.1) is 19.8 Å². The lowest BCUT2D eigenvalue weighted by Gasteiger charge is -2.16. The van der Waals surface area contributed by atoms with Gasteiger partial charge in [0.1, 0.15) is 16.0 Å². The van der Waals surface area contributed by atoms with E-state index in [1.165, 1.54) is 33.0 Å². The van der Waals surface area contributed by atoms with E-state index in [2.05, 4.69) is 77.0 Å². The molecule has 0 radical (unpaired) electrons. The van der Waals surface area contributed by atoms with E-state index in [1.54, 1.807) is 6.20 Å². The van der Waals surface area contributed by atoms with Crippen LogP contribution in [0.25, 0.3) is 0 Å². The maximum Gasteiger partial charge on any atom is 0.395 e. The van der Waals surface area contributed by atoms with E-state index in [0.717, 1.165) is 15.1 Å². The first-order valence-corrected chi connectivity index (χ1v) is 17.1. The zero-order chi connectivity index (χ0) is 40.5. The van der Waals surface area contributed by atoms with Crippen molar-refractivity contribution < 1.29 is 68.5 Å². The highest BCUT2D eigenvalue weighted by Crippen LogP contribution is 2.32. The highest BCUT2D eigenvalue weighted by atomic mass is 79.9. The third-order valence-corrected chi connectivity index (χ3v) is 6.93. The molecule has 10 nitrogen and oxygen atoms in total. The topological polar surface area (TPSA) is 135 Å². The molecule has 0 unspecified atom stereocenters. The van der Waals surface area contributed by atoms with Crippen molar-refractivity contribution in [2.45, 2.75) is 50.3 Å². The Morgan fingerprint density at radius 2 is 0.962 bits per heavy atom. The second-order valence-electron chi connectivity index (χ2n) is 9.03. The summed E-state index contributed by atoms with van der Waals surface area (Å²) < 4.78 is 119. The molecule has 52 heavy (non-hydrogen) atoms. The number of ether oxygens (including phenoxy) is 3. The maximum atomic E-state index is 13.5. The van der Waals surface area contributed by atoms with Crippen LogP contribution in [0.15, 0.2) is 68.5 Å². The standard InChI is InChI=1S/C12H11F4NO3.C9H8BrF2NO2.C5H3Br2N.C4H5BrF2O2/c1-3-20-10(19)12(15,16)9-5-4-8(6-17-9)11(13,14)7(2)18;1-2-15-8(14)9(11,12)7-4-3-6(10)5-13-7;6-4-1-2-5(7)8-3-4;1-2-9-3(8)4(5,6)7/h4-6H,3H2,1-2H3;3-5H,2H2,1H3;1-3H;2H2,1H3. The molecule has 288 valence electrons. The predicted octanol–water partition coefficient (Wildman–Crippen LogP) is 9.06. The van der Waals surface area contributed by atoms with Gasteiger partial charge in [-0.2, -0.15) is 35.1 Å². The van der Waals surface area contributed by atoms with E-state index in [4.69, 9.17) is 0 Å². The van der Waals surface area contributed by atoms with Crippen molar-refractivity contribution in [3.05, 3.63) is 85.5 Å². The first kappa shape index (κ1) is 48.9. The van der Waals surface area contributed by atoms with Gasteiger partial charge in [-0.15, -0.1) is 0 Å². The van der Waals surface area contributed by atoms with Gasteiger partial charge in [-0.1, -0.05) is 0 Å². The molecule has 3 aromatic rings. The number of esters is 3. The van der Waals surface area contributed by atoms with Gasteiger partial charge in [-0.05, 0) is 105 Å². The van der Waals surface area contributed by atoms with Gasteiger partial charge in [-0.3, -0.25) is 14.8 Å². The Hall–Kier alpha value is -3.11. The normalized spacial score (nSPS) is 11.2. The lowest BCUT2D eigenvalue weighted by atomic mass is 10.1. The first-order chi connectivity index (χ1) is 23.9. The number of aromatic nitrogens is 3.